The summed E-state index contributed by atoms with van der Waals surface area (Å²) < 4.78 is 29.3. The van der Waals surface area contributed by atoms with Crippen molar-refractivity contribution in [2.45, 2.75) is 18.7 Å². The molecule has 1 aromatic heterocycles. The molecule has 0 bridgehead atoms. The van der Waals surface area contributed by atoms with Gasteiger partial charge in [-0.15, -0.1) is 0 Å². The third kappa shape index (κ3) is 5.75. The molecular formula is C26H24N4O4S. The Hall–Kier alpha value is -4.42. The summed E-state index contributed by atoms with van der Waals surface area (Å²) in [6, 6.07) is 13.5. The minimum atomic E-state index is -3.99. The quantitative estimate of drug-likeness (QED) is 0.196. The number of carbonyl (C=O) groups is 1. The summed E-state index contributed by atoms with van der Waals surface area (Å²) >= 11 is 0. The Kier molecular flexibility index (Phi) is 7.69. The van der Waals surface area contributed by atoms with Crippen LogP contribution in [0.2, 0.25) is 0 Å². The summed E-state index contributed by atoms with van der Waals surface area (Å²) in [5.74, 6) is 4.72. The molecule has 0 amide bonds. The zero-order valence-electron chi connectivity index (χ0n) is 19.5. The van der Waals surface area contributed by atoms with Crippen molar-refractivity contribution in [3.05, 3.63) is 83.2 Å². The summed E-state index contributed by atoms with van der Waals surface area (Å²) in [7, 11) is -2.23. The highest BCUT2D eigenvalue weighted by atomic mass is 32.2. The van der Waals surface area contributed by atoms with Crippen LogP contribution in [0.4, 0.5) is 11.4 Å². The molecule has 0 aliphatic carbocycles. The van der Waals surface area contributed by atoms with Crippen LogP contribution in [0.15, 0.2) is 87.5 Å². The second-order valence-electron chi connectivity index (χ2n) is 7.46. The van der Waals surface area contributed by atoms with Gasteiger partial charge in [0.05, 0.1) is 11.2 Å². The lowest BCUT2D eigenvalue weighted by atomic mass is 10.1. The van der Waals surface area contributed by atoms with Gasteiger partial charge in [0.15, 0.2) is 0 Å². The zero-order valence-corrected chi connectivity index (χ0v) is 20.3. The van der Waals surface area contributed by atoms with Crippen molar-refractivity contribution in [2.24, 2.45) is 4.99 Å². The monoisotopic (exact) mass is 488 g/mol. The molecule has 1 heterocycles. The van der Waals surface area contributed by atoms with E-state index >= 15 is 0 Å². The molecule has 0 saturated heterocycles. The third-order valence-electron chi connectivity index (χ3n) is 5.18. The van der Waals surface area contributed by atoms with Crippen molar-refractivity contribution in [2.75, 3.05) is 17.1 Å². The molecule has 0 aliphatic rings. The Morgan fingerprint density at radius 2 is 1.86 bits per heavy atom. The highest BCUT2D eigenvalue weighted by Crippen LogP contribution is 2.28. The van der Waals surface area contributed by atoms with Crippen LogP contribution in [0, 0.1) is 11.8 Å². The summed E-state index contributed by atoms with van der Waals surface area (Å²) in [6.45, 7) is 6.70. The van der Waals surface area contributed by atoms with Crippen LogP contribution in [-0.4, -0.2) is 38.2 Å². The van der Waals surface area contributed by atoms with Gasteiger partial charge < -0.3 is 10.4 Å². The number of pyridine rings is 1. The van der Waals surface area contributed by atoms with Gasteiger partial charge in [-0.1, -0.05) is 36.1 Å². The lowest BCUT2D eigenvalue weighted by molar-refractivity contribution is -0.132. The number of carboxylic acids is 1. The van der Waals surface area contributed by atoms with Crippen molar-refractivity contribution in [3.63, 3.8) is 0 Å². The smallest absolute Gasteiger partial charge is 0.354 e. The fraction of sp³-hybridized carbons (Fsp3) is 0.115. The number of aromatic nitrogens is 1. The Labute approximate surface area is 204 Å². The Bertz CT molecular complexity index is 1540. The number of anilines is 2. The number of aliphatic imine (C=N–C) groups is 1. The molecule has 0 aliphatic heterocycles. The number of aliphatic carboxylic acids is 1. The summed E-state index contributed by atoms with van der Waals surface area (Å²) in [5.41, 5.74) is 2.88. The number of allylic oxidation sites excluding steroid dienone is 3. The highest BCUT2D eigenvalue weighted by molar-refractivity contribution is 7.93. The molecule has 3 N–H and O–H groups in total. The third-order valence-corrected chi connectivity index (χ3v) is 6.58. The van der Waals surface area contributed by atoms with E-state index in [4.69, 9.17) is 5.11 Å². The van der Waals surface area contributed by atoms with Gasteiger partial charge >= 0.3 is 5.97 Å². The minimum absolute atomic E-state index is 0.0463. The maximum Gasteiger partial charge on any atom is 0.354 e. The average molecular weight is 489 g/mol. The van der Waals surface area contributed by atoms with E-state index in [2.05, 4.69) is 38.6 Å². The van der Waals surface area contributed by atoms with E-state index < -0.39 is 16.0 Å². The Balaban J connectivity index is 2.00. The zero-order chi connectivity index (χ0) is 25.6. The molecule has 3 aromatic rings. The molecule has 178 valence electrons. The number of para-hydroxylation sites is 2. The Morgan fingerprint density at radius 1 is 1.11 bits per heavy atom. The van der Waals surface area contributed by atoms with Crippen LogP contribution >= 0.6 is 0 Å². The number of fused-ring (bicyclic) bond motifs is 1. The molecule has 0 atom stereocenters. The number of nitrogens with one attached hydrogen (secondary N) is 2. The molecule has 0 radical (unpaired) electrons. The molecular weight excluding hydrogens is 464 g/mol. The summed E-state index contributed by atoms with van der Waals surface area (Å²) in [5, 5.41) is 12.8. The maximum atomic E-state index is 13.3. The van der Waals surface area contributed by atoms with E-state index in [1.165, 1.54) is 12.1 Å². The second kappa shape index (κ2) is 10.7. The van der Waals surface area contributed by atoms with Gasteiger partial charge in [-0.3, -0.25) is 14.7 Å². The first-order chi connectivity index (χ1) is 16.7. The first-order valence-corrected chi connectivity index (χ1v) is 11.9. The standard InChI is InChI=1S/C26H24N4O4S/c1-17(18(2)16-23(28-4)26(31)32)12-13-19-8-5-6-10-21(19)30-35(33,34)24-11-7-9-20-22(27-3)14-15-29-25(20)24/h5-11,14-16,30H,4H2,1-3H3,(H,27,29)(H,31,32)/b18-17+,23-16-. The SMILES string of the molecule is C=N/C(=C\C(C)=C(/C)C#Cc1ccccc1NS(=O)(=O)c1cccc2c(NC)ccnc12)C(=O)O. The van der Waals surface area contributed by atoms with Crippen LogP contribution in [0.5, 0.6) is 0 Å². The predicted molar refractivity (Wildman–Crippen MR) is 139 cm³/mol. The van der Waals surface area contributed by atoms with Crippen molar-refractivity contribution in [1.29, 1.82) is 0 Å². The first kappa shape index (κ1) is 25.2. The first-order valence-electron chi connectivity index (χ1n) is 10.5. The molecule has 0 saturated carbocycles. The number of benzene rings is 2. The number of carboxylic acid groups (broad SMARTS) is 1. The molecule has 2 aromatic carbocycles. The van der Waals surface area contributed by atoms with E-state index in [0.717, 1.165) is 5.69 Å². The molecule has 8 nitrogen and oxygen atoms in total. The van der Waals surface area contributed by atoms with Gasteiger partial charge in [-0.2, -0.15) is 0 Å². The highest BCUT2D eigenvalue weighted by Gasteiger charge is 2.20. The number of nitrogens with zero attached hydrogens (tertiary/aromatic N) is 2. The lowest BCUT2D eigenvalue weighted by Crippen LogP contribution is -2.14. The van der Waals surface area contributed by atoms with Crippen molar-refractivity contribution in [1.82, 2.24) is 4.98 Å². The molecule has 0 spiro atoms. The molecule has 0 fully saturated rings. The molecule has 35 heavy (non-hydrogen) atoms. The number of hydrogen-bond donors (Lipinski definition) is 3. The molecule has 3 rings (SSSR count). The van der Waals surface area contributed by atoms with Gasteiger partial charge in [0, 0.05) is 35.5 Å². The van der Waals surface area contributed by atoms with E-state index in [1.807, 2.05) is 0 Å². The van der Waals surface area contributed by atoms with Crippen molar-refractivity contribution in [3.8, 4) is 11.8 Å². The number of sulfonamides is 1. The van der Waals surface area contributed by atoms with Crippen LogP contribution in [-0.2, 0) is 14.8 Å². The maximum absolute atomic E-state index is 13.3. The second-order valence-corrected chi connectivity index (χ2v) is 9.11. The topological polar surface area (TPSA) is 121 Å². The average Bonchev–Trinajstić information content (AvgIpc) is 2.85. The van der Waals surface area contributed by atoms with E-state index in [0.29, 0.717) is 33.3 Å². The largest absolute Gasteiger partial charge is 0.477 e. The van der Waals surface area contributed by atoms with Crippen LogP contribution in [0.25, 0.3) is 10.9 Å². The minimum Gasteiger partial charge on any atom is -0.477 e. The molecule has 0 unspecified atom stereocenters. The van der Waals surface area contributed by atoms with Crippen LogP contribution in [0.1, 0.15) is 19.4 Å². The van der Waals surface area contributed by atoms with Gasteiger partial charge in [0.2, 0.25) is 0 Å². The van der Waals surface area contributed by atoms with E-state index in [9.17, 15) is 13.2 Å². The van der Waals surface area contributed by atoms with Gasteiger partial charge in [0.1, 0.15) is 10.6 Å². The molecule has 9 heteroatoms. The van der Waals surface area contributed by atoms with E-state index in [-0.39, 0.29) is 10.6 Å². The van der Waals surface area contributed by atoms with Gasteiger partial charge in [-0.05, 0) is 56.5 Å². The normalized spacial score (nSPS) is 12.3. The van der Waals surface area contributed by atoms with Crippen LogP contribution < -0.4 is 10.0 Å². The van der Waals surface area contributed by atoms with Crippen LogP contribution in [0.3, 0.4) is 0 Å². The Morgan fingerprint density at radius 3 is 2.54 bits per heavy atom. The lowest BCUT2D eigenvalue weighted by Gasteiger charge is -2.13. The summed E-state index contributed by atoms with van der Waals surface area (Å²) in [6.07, 6.45) is 2.93. The fourth-order valence-corrected chi connectivity index (χ4v) is 4.47. The van der Waals surface area contributed by atoms with Crippen molar-refractivity contribution >= 4 is 45.0 Å². The fourth-order valence-electron chi connectivity index (χ4n) is 3.21. The number of hydrogen-bond acceptors (Lipinski definition) is 6. The van der Waals surface area contributed by atoms with E-state index in [1.54, 1.807) is 69.6 Å². The van der Waals surface area contributed by atoms with Gasteiger partial charge in [-0.25, -0.2) is 13.2 Å². The van der Waals surface area contributed by atoms with Gasteiger partial charge in [0.25, 0.3) is 10.0 Å². The summed E-state index contributed by atoms with van der Waals surface area (Å²) in [4.78, 5) is 19.0. The van der Waals surface area contributed by atoms with Crippen molar-refractivity contribution < 1.29 is 18.3 Å². The predicted octanol–water partition coefficient (Wildman–Crippen LogP) is 4.43. The number of rotatable bonds is 7.